The van der Waals surface area contributed by atoms with Crippen molar-refractivity contribution in [3.63, 3.8) is 0 Å². The molecule has 168 valence electrons. The largest absolute Gasteiger partial charge is 0.489 e. The summed E-state index contributed by atoms with van der Waals surface area (Å²) in [5.41, 5.74) is 0.650. The van der Waals surface area contributed by atoms with Crippen LogP contribution < -0.4 is 15.4 Å². The summed E-state index contributed by atoms with van der Waals surface area (Å²) in [4.78, 5) is 24.8. The SMILES string of the molecule is CSCC[C@H](NC(=O)OC(C)(C)C)C(=O)Nc1ccc(OCc2cccc(F)c2)cc1. The number of ether oxygens (including phenoxy) is 2. The zero-order chi connectivity index (χ0) is 22.9. The van der Waals surface area contributed by atoms with Gasteiger partial charge in [-0.1, -0.05) is 12.1 Å². The number of benzene rings is 2. The van der Waals surface area contributed by atoms with Crippen molar-refractivity contribution in [2.75, 3.05) is 17.3 Å². The van der Waals surface area contributed by atoms with Crippen molar-refractivity contribution in [3.8, 4) is 5.75 Å². The number of carbonyl (C=O) groups is 2. The maximum absolute atomic E-state index is 13.2. The molecule has 0 aromatic heterocycles. The van der Waals surface area contributed by atoms with Crippen LogP contribution in [0.15, 0.2) is 48.5 Å². The molecule has 8 heteroatoms. The summed E-state index contributed by atoms with van der Waals surface area (Å²) in [7, 11) is 0. The summed E-state index contributed by atoms with van der Waals surface area (Å²) < 4.78 is 24.1. The molecule has 2 N–H and O–H groups in total. The van der Waals surface area contributed by atoms with Crippen LogP contribution in [-0.2, 0) is 16.1 Å². The smallest absolute Gasteiger partial charge is 0.408 e. The maximum atomic E-state index is 13.2. The quantitative estimate of drug-likeness (QED) is 0.565. The van der Waals surface area contributed by atoms with Gasteiger partial charge in [0.05, 0.1) is 0 Å². The zero-order valence-corrected chi connectivity index (χ0v) is 19.1. The lowest BCUT2D eigenvalue weighted by molar-refractivity contribution is -0.118. The van der Waals surface area contributed by atoms with Crippen molar-refractivity contribution in [1.29, 1.82) is 0 Å². The number of thioether (sulfide) groups is 1. The molecule has 0 unspecified atom stereocenters. The molecule has 0 saturated carbocycles. The molecule has 0 fully saturated rings. The minimum atomic E-state index is -0.716. The summed E-state index contributed by atoms with van der Waals surface area (Å²) >= 11 is 1.59. The van der Waals surface area contributed by atoms with Crippen molar-refractivity contribution in [1.82, 2.24) is 5.32 Å². The molecule has 0 saturated heterocycles. The first-order chi connectivity index (χ1) is 14.7. The van der Waals surface area contributed by atoms with Crippen molar-refractivity contribution < 1.29 is 23.5 Å². The van der Waals surface area contributed by atoms with Gasteiger partial charge in [0, 0.05) is 5.69 Å². The third-order valence-electron chi connectivity index (χ3n) is 4.03. The Bertz CT molecular complexity index is 869. The lowest BCUT2D eigenvalue weighted by atomic mass is 10.2. The first-order valence-corrected chi connectivity index (χ1v) is 11.3. The van der Waals surface area contributed by atoms with E-state index in [4.69, 9.17) is 9.47 Å². The number of carbonyl (C=O) groups excluding carboxylic acids is 2. The van der Waals surface area contributed by atoms with Crippen LogP contribution in [0.4, 0.5) is 14.9 Å². The topological polar surface area (TPSA) is 76.7 Å². The summed E-state index contributed by atoms with van der Waals surface area (Å²) in [6, 6.07) is 12.3. The number of halogens is 1. The van der Waals surface area contributed by atoms with E-state index in [0.717, 1.165) is 5.56 Å². The van der Waals surface area contributed by atoms with E-state index in [9.17, 15) is 14.0 Å². The monoisotopic (exact) mass is 448 g/mol. The van der Waals surface area contributed by atoms with Crippen LogP contribution in [0, 0.1) is 5.82 Å². The Morgan fingerprint density at radius 1 is 1.13 bits per heavy atom. The third-order valence-corrected chi connectivity index (χ3v) is 4.68. The molecule has 2 rings (SSSR count). The summed E-state index contributed by atoms with van der Waals surface area (Å²) in [5, 5.41) is 5.44. The van der Waals surface area contributed by atoms with E-state index in [0.29, 0.717) is 23.6 Å². The van der Waals surface area contributed by atoms with E-state index in [1.54, 1.807) is 68.9 Å². The number of amides is 2. The number of hydrogen-bond donors (Lipinski definition) is 2. The summed E-state index contributed by atoms with van der Waals surface area (Å²) in [6.45, 7) is 5.53. The normalized spacial score (nSPS) is 12.0. The predicted octanol–water partition coefficient (Wildman–Crippen LogP) is 4.99. The highest BCUT2D eigenvalue weighted by Gasteiger charge is 2.24. The average molecular weight is 449 g/mol. The molecule has 6 nitrogen and oxygen atoms in total. The second-order valence-corrected chi connectivity index (χ2v) is 8.90. The van der Waals surface area contributed by atoms with Crippen LogP contribution >= 0.6 is 11.8 Å². The summed E-state index contributed by atoms with van der Waals surface area (Å²) in [5.74, 6) is 0.664. The van der Waals surface area contributed by atoms with Crippen LogP contribution in [0.1, 0.15) is 32.8 Å². The fourth-order valence-electron chi connectivity index (χ4n) is 2.61. The molecule has 0 radical (unpaired) electrons. The standard InChI is InChI=1S/C23H29FN2O4S/c1-23(2,3)30-22(28)26-20(12-13-31-4)21(27)25-18-8-10-19(11-9-18)29-15-16-6-5-7-17(24)14-16/h5-11,14,20H,12-13,15H2,1-4H3,(H,25,27)(H,26,28)/t20-/m0/s1. The molecule has 0 aliphatic carbocycles. The fourth-order valence-corrected chi connectivity index (χ4v) is 3.08. The van der Waals surface area contributed by atoms with Gasteiger partial charge < -0.3 is 20.1 Å². The van der Waals surface area contributed by atoms with Gasteiger partial charge in [-0.15, -0.1) is 0 Å². The van der Waals surface area contributed by atoms with E-state index in [2.05, 4.69) is 10.6 Å². The van der Waals surface area contributed by atoms with Crippen LogP contribution in [0.2, 0.25) is 0 Å². The number of alkyl carbamates (subject to hydrolysis) is 1. The van der Waals surface area contributed by atoms with Gasteiger partial charge in [0.15, 0.2) is 0 Å². The van der Waals surface area contributed by atoms with E-state index < -0.39 is 17.7 Å². The van der Waals surface area contributed by atoms with Gasteiger partial charge in [0.1, 0.15) is 29.8 Å². The third kappa shape index (κ3) is 9.29. The minimum Gasteiger partial charge on any atom is -0.489 e. The van der Waals surface area contributed by atoms with E-state index in [-0.39, 0.29) is 18.3 Å². The van der Waals surface area contributed by atoms with E-state index in [1.165, 1.54) is 12.1 Å². The van der Waals surface area contributed by atoms with Crippen LogP contribution in [0.5, 0.6) is 5.75 Å². The van der Waals surface area contributed by atoms with Gasteiger partial charge in [0.2, 0.25) is 5.91 Å². The van der Waals surface area contributed by atoms with Crippen molar-refractivity contribution in [2.24, 2.45) is 0 Å². The molecule has 0 spiro atoms. The van der Waals surface area contributed by atoms with Crippen molar-refractivity contribution >= 4 is 29.4 Å². The van der Waals surface area contributed by atoms with Crippen LogP contribution in [-0.4, -0.2) is 35.7 Å². The molecule has 0 aliphatic rings. The first-order valence-electron chi connectivity index (χ1n) is 9.93. The molecule has 2 aromatic carbocycles. The number of rotatable bonds is 9. The molecule has 0 heterocycles. The Balaban J connectivity index is 1.93. The van der Waals surface area contributed by atoms with E-state index >= 15 is 0 Å². The van der Waals surface area contributed by atoms with Gasteiger partial charge >= 0.3 is 6.09 Å². The highest BCUT2D eigenvalue weighted by atomic mass is 32.2. The Hall–Kier alpha value is -2.74. The number of anilines is 1. The van der Waals surface area contributed by atoms with Crippen LogP contribution in [0.25, 0.3) is 0 Å². The Morgan fingerprint density at radius 2 is 1.84 bits per heavy atom. The van der Waals surface area contributed by atoms with Gasteiger partial charge in [-0.2, -0.15) is 11.8 Å². The highest BCUT2D eigenvalue weighted by Crippen LogP contribution is 2.18. The van der Waals surface area contributed by atoms with Gasteiger partial charge in [-0.25, -0.2) is 9.18 Å². The lowest BCUT2D eigenvalue weighted by Crippen LogP contribution is -2.46. The molecule has 2 amide bonds. The molecular weight excluding hydrogens is 419 g/mol. The molecule has 0 bridgehead atoms. The Morgan fingerprint density at radius 3 is 2.45 bits per heavy atom. The predicted molar refractivity (Wildman–Crippen MR) is 122 cm³/mol. The molecule has 31 heavy (non-hydrogen) atoms. The Labute approximate surface area is 186 Å². The lowest BCUT2D eigenvalue weighted by Gasteiger charge is -2.23. The maximum Gasteiger partial charge on any atom is 0.408 e. The van der Waals surface area contributed by atoms with E-state index in [1.807, 2.05) is 6.26 Å². The van der Waals surface area contributed by atoms with Gasteiger partial charge in [-0.05, 0) is 81.2 Å². The second-order valence-electron chi connectivity index (χ2n) is 7.91. The molecule has 2 aromatic rings. The zero-order valence-electron chi connectivity index (χ0n) is 18.2. The Kier molecular flexibility index (Phi) is 9.18. The fraction of sp³-hybridized carbons (Fsp3) is 0.391. The van der Waals surface area contributed by atoms with Crippen molar-refractivity contribution in [2.45, 2.75) is 45.4 Å². The van der Waals surface area contributed by atoms with Crippen LogP contribution in [0.3, 0.4) is 0 Å². The number of nitrogens with one attached hydrogen (secondary N) is 2. The molecule has 1 atom stereocenters. The highest BCUT2D eigenvalue weighted by molar-refractivity contribution is 7.98. The molecular formula is C23H29FN2O4S. The second kappa shape index (κ2) is 11.6. The molecule has 0 aliphatic heterocycles. The number of hydrogen-bond acceptors (Lipinski definition) is 5. The van der Waals surface area contributed by atoms with Crippen molar-refractivity contribution in [3.05, 3.63) is 59.9 Å². The summed E-state index contributed by atoms with van der Waals surface area (Å²) in [6.07, 6.45) is 1.78. The average Bonchev–Trinajstić information content (AvgIpc) is 2.69. The first kappa shape index (κ1) is 24.5. The van der Waals surface area contributed by atoms with Gasteiger partial charge in [0.25, 0.3) is 0 Å². The minimum absolute atomic E-state index is 0.236. The van der Waals surface area contributed by atoms with Gasteiger partial charge in [-0.3, -0.25) is 4.79 Å².